The van der Waals surface area contributed by atoms with Crippen molar-refractivity contribution in [2.75, 3.05) is 18.1 Å². The number of hydrogen-bond donors (Lipinski definition) is 1. The van der Waals surface area contributed by atoms with Crippen LogP contribution in [0.4, 0.5) is 28.0 Å². The van der Waals surface area contributed by atoms with Crippen LogP contribution in [0.5, 0.6) is 5.75 Å². The monoisotopic (exact) mass is 440 g/mol. The molecule has 0 aromatic heterocycles. The fourth-order valence-corrected chi connectivity index (χ4v) is 2.62. The molecule has 0 unspecified atom stereocenters. The predicted octanol–water partition coefficient (Wildman–Crippen LogP) is 3.88. The zero-order chi connectivity index (χ0) is 23.2. The van der Waals surface area contributed by atoms with Gasteiger partial charge in [-0.25, -0.2) is 9.18 Å². The van der Waals surface area contributed by atoms with Crippen molar-refractivity contribution >= 4 is 23.3 Å². The number of alkyl halides is 3. The van der Waals surface area contributed by atoms with E-state index in [4.69, 9.17) is 5.73 Å². The minimum Gasteiger partial charge on any atom is -0.406 e. The second kappa shape index (κ2) is 9.92. The maximum atomic E-state index is 13.3. The third-order valence-corrected chi connectivity index (χ3v) is 4.09. The quantitative estimate of drug-likeness (QED) is 0.403. The van der Waals surface area contributed by atoms with Gasteiger partial charge in [-0.15, -0.1) is 13.2 Å². The summed E-state index contributed by atoms with van der Waals surface area (Å²) in [6, 6.07) is 7.98. The van der Waals surface area contributed by atoms with Crippen LogP contribution < -0.4 is 15.5 Å². The first-order chi connectivity index (χ1) is 14.6. The first-order valence-electron chi connectivity index (χ1n) is 9.14. The Balaban J connectivity index is 2.51. The van der Waals surface area contributed by atoms with Crippen molar-refractivity contribution < 1.29 is 31.9 Å². The van der Waals surface area contributed by atoms with Crippen molar-refractivity contribution in [3.8, 4) is 5.75 Å². The van der Waals surface area contributed by atoms with Gasteiger partial charge in [0.25, 0.3) is 5.91 Å². The Morgan fingerprint density at radius 3 is 2.00 bits per heavy atom. The summed E-state index contributed by atoms with van der Waals surface area (Å²) >= 11 is 0. The van der Waals surface area contributed by atoms with E-state index in [-0.39, 0.29) is 17.0 Å². The number of carbonyl (C=O) groups is 2. The molecule has 11 heteroatoms. The standard InChI is InChI=1S/C20H20F4N4O3/c1-3-27(4-2)18(29)17(13-5-7-14(21)8-6-13)26-28(19(25)30)15-9-11-16(12-10-15)31-20(22,23)24/h5-12H,3-4H2,1-2H3,(H2,25,30)/b26-17+. The summed E-state index contributed by atoms with van der Waals surface area (Å²) in [7, 11) is 0. The number of primary amides is 1. The number of urea groups is 1. The van der Waals surface area contributed by atoms with Crippen LogP contribution in [0.1, 0.15) is 19.4 Å². The van der Waals surface area contributed by atoms with Gasteiger partial charge in [-0.05, 0) is 62.4 Å². The number of ether oxygens (including phenoxy) is 1. The fraction of sp³-hybridized carbons (Fsp3) is 0.250. The van der Waals surface area contributed by atoms with Gasteiger partial charge in [0, 0.05) is 18.7 Å². The lowest BCUT2D eigenvalue weighted by Gasteiger charge is -2.22. The molecule has 0 saturated heterocycles. The second-order valence-corrected chi connectivity index (χ2v) is 6.12. The highest BCUT2D eigenvalue weighted by atomic mass is 19.4. The van der Waals surface area contributed by atoms with E-state index in [2.05, 4.69) is 9.84 Å². The lowest BCUT2D eigenvalue weighted by Crippen LogP contribution is -2.40. The number of hydrazone groups is 1. The average Bonchev–Trinajstić information content (AvgIpc) is 2.70. The second-order valence-electron chi connectivity index (χ2n) is 6.12. The van der Waals surface area contributed by atoms with Crippen LogP contribution in [0.25, 0.3) is 0 Å². The zero-order valence-electron chi connectivity index (χ0n) is 16.7. The molecule has 3 amide bonds. The number of nitrogens with zero attached hydrogens (tertiary/aromatic N) is 3. The highest BCUT2D eigenvalue weighted by Gasteiger charge is 2.31. The number of benzene rings is 2. The Bertz CT molecular complexity index is 940. The van der Waals surface area contributed by atoms with Crippen LogP contribution in [-0.2, 0) is 4.79 Å². The molecule has 0 spiro atoms. The predicted molar refractivity (Wildman–Crippen MR) is 106 cm³/mol. The summed E-state index contributed by atoms with van der Waals surface area (Å²) in [6.07, 6.45) is -4.88. The molecule has 166 valence electrons. The number of halogens is 4. The minimum atomic E-state index is -4.88. The molecule has 31 heavy (non-hydrogen) atoms. The molecule has 0 aliphatic heterocycles. The molecule has 0 saturated carbocycles. The summed E-state index contributed by atoms with van der Waals surface area (Å²) in [4.78, 5) is 26.4. The number of anilines is 1. The van der Waals surface area contributed by atoms with Crippen molar-refractivity contribution in [1.29, 1.82) is 0 Å². The minimum absolute atomic E-state index is 0.00557. The van der Waals surface area contributed by atoms with Gasteiger partial charge < -0.3 is 15.4 Å². The highest BCUT2D eigenvalue weighted by Crippen LogP contribution is 2.26. The Hall–Kier alpha value is -3.63. The summed E-state index contributed by atoms with van der Waals surface area (Å²) in [5.41, 5.74) is 5.41. The van der Waals surface area contributed by atoms with Crippen molar-refractivity contribution in [2.24, 2.45) is 10.8 Å². The highest BCUT2D eigenvalue weighted by molar-refractivity contribution is 6.45. The van der Waals surface area contributed by atoms with Gasteiger partial charge in [0.05, 0.1) is 5.69 Å². The van der Waals surface area contributed by atoms with Crippen LogP contribution in [0.15, 0.2) is 53.6 Å². The molecule has 2 aromatic rings. The van der Waals surface area contributed by atoms with Gasteiger partial charge in [0.1, 0.15) is 11.6 Å². The summed E-state index contributed by atoms with van der Waals surface area (Å²) in [5, 5.41) is 4.73. The third-order valence-electron chi connectivity index (χ3n) is 4.09. The molecule has 0 heterocycles. The maximum Gasteiger partial charge on any atom is 0.573 e. The molecule has 0 atom stereocenters. The van der Waals surface area contributed by atoms with Crippen molar-refractivity contribution in [3.63, 3.8) is 0 Å². The van der Waals surface area contributed by atoms with E-state index >= 15 is 0 Å². The number of amides is 3. The molecule has 2 rings (SSSR count). The molecule has 7 nitrogen and oxygen atoms in total. The van der Waals surface area contributed by atoms with E-state index in [1.165, 1.54) is 17.0 Å². The largest absolute Gasteiger partial charge is 0.573 e. The lowest BCUT2D eigenvalue weighted by atomic mass is 10.1. The fourth-order valence-electron chi connectivity index (χ4n) is 2.62. The Kier molecular flexibility index (Phi) is 7.56. The van der Waals surface area contributed by atoms with E-state index in [0.717, 1.165) is 36.4 Å². The van der Waals surface area contributed by atoms with Gasteiger partial charge >= 0.3 is 12.4 Å². The van der Waals surface area contributed by atoms with E-state index in [9.17, 15) is 27.2 Å². The molecule has 0 fully saturated rings. The molecule has 2 N–H and O–H groups in total. The molecule has 0 radical (unpaired) electrons. The zero-order valence-corrected chi connectivity index (χ0v) is 16.7. The topological polar surface area (TPSA) is 88.2 Å². The number of likely N-dealkylation sites (N-methyl/N-ethyl adjacent to an activating group) is 1. The van der Waals surface area contributed by atoms with Crippen LogP contribution >= 0.6 is 0 Å². The van der Waals surface area contributed by atoms with E-state index in [1.54, 1.807) is 13.8 Å². The number of nitrogens with two attached hydrogens (primary N) is 1. The first kappa shape index (κ1) is 23.6. The van der Waals surface area contributed by atoms with Crippen LogP contribution in [0.3, 0.4) is 0 Å². The maximum absolute atomic E-state index is 13.3. The Labute approximate surface area is 175 Å². The third kappa shape index (κ3) is 6.43. The van der Waals surface area contributed by atoms with Gasteiger partial charge in [-0.2, -0.15) is 10.1 Å². The van der Waals surface area contributed by atoms with E-state index in [0.29, 0.717) is 18.1 Å². The molecule has 0 aliphatic rings. The Morgan fingerprint density at radius 1 is 1.00 bits per heavy atom. The normalized spacial score (nSPS) is 11.7. The summed E-state index contributed by atoms with van der Waals surface area (Å²) < 4.78 is 54.2. The van der Waals surface area contributed by atoms with E-state index < -0.39 is 29.9 Å². The van der Waals surface area contributed by atoms with Crippen molar-refractivity contribution in [3.05, 3.63) is 59.9 Å². The van der Waals surface area contributed by atoms with Gasteiger partial charge in [0.2, 0.25) is 0 Å². The van der Waals surface area contributed by atoms with Crippen molar-refractivity contribution in [1.82, 2.24) is 4.90 Å². The lowest BCUT2D eigenvalue weighted by molar-refractivity contribution is -0.274. The SMILES string of the molecule is CCN(CC)C(=O)/C(=N/N(C(N)=O)c1ccc(OC(F)(F)F)cc1)c1ccc(F)cc1. The molecule has 0 aliphatic carbocycles. The van der Waals surface area contributed by atoms with Gasteiger partial charge in [-0.3, -0.25) is 4.79 Å². The van der Waals surface area contributed by atoms with Crippen LogP contribution in [-0.4, -0.2) is 42.0 Å². The number of carbonyl (C=O) groups excluding carboxylic acids is 2. The van der Waals surface area contributed by atoms with Crippen LogP contribution in [0.2, 0.25) is 0 Å². The molecular weight excluding hydrogens is 420 g/mol. The molecule has 2 aromatic carbocycles. The number of rotatable bonds is 7. The first-order valence-corrected chi connectivity index (χ1v) is 9.14. The van der Waals surface area contributed by atoms with E-state index in [1.807, 2.05) is 0 Å². The number of hydrogen-bond acceptors (Lipinski definition) is 4. The summed E-state index contributed by atoms with van der Waals surface area (Å²) in [5.74, 6) is -1.59. The van der Waals surface area contributed by atoms with Crippen LogP contribution in [0, 0.1) is 5.82 Å². The summed E-state index contributed by atoms with van der Waals surface area (Å²) in [6.45, 7) is 4.18. The average molecular weight is 440 g/mol. The smallest absolute Gasteiger partial charge is 0.406 e. The van der Waals surface area contributed by atoms with Crippen molar-refractivity contribution in [2.45, 2.75) is 20.2 Å². The van der Waals surface area contributed by atoms with Gasteiger partial charge in [-0.1, -0.05) is 0 Å². The Morgan fingerprint density at radius 2 is 1.55 bits per heavy atom. The molecular formula is C20H20F4N4O3. The molecule has 0 bridgehead atoms. The van der Waals surface area contributed by atoms with Gasteiger partial charge in [0.15, 0.2) is 5.71 Å².